The van der Waals surface area contributed by atoms with Crippen molar-refractivity contribution in [1.82, 2.24) is 31.1 Å². The molecule has 0 saturated carbocycles. The van der Waals surface area contributed by atoms with Gasteiger partial charge in [0, 0.05) is 78.5 Å². The normalized spacial score (nSPS) is 9.71. The average molecular weight is 870 g/mol. The van der Waals surface area contributed by atoms with Crippen LogP contribution in [0.2, 0.25) is 0 Å². The fourth-order valence-electron chi connectivity index (χ4n) is 2.73. The summed E-state index contributed by atoms with van der Waals surface area (Å²) in [7, 11) is 0. The van der Waals surface area contributed by atoms with Crippen LogP contribution in [0.25, 0.3) is 0 Å². The number of nitrogens with two attached hydrogens (primary N) is 2. The molecule has 244 valence electrons. The van der Waals surface area contributed by atoms with Crippen molar-refractivity contribution in [3.63, 3.8) is 0 Å². The van der Waals surface area contributed by atoms with Gasteiger partial charge < -0.3 is 93.6 Å². The van der Waals surface area contributed by atoms with E-state index in [4.69, 9.17) is 42.1 Å². The van der Waals surface area contributed by atoms with Crippen molar-refractivity contribution in [2.75, 3.05) is 131 Å². The van der Waals surface area contributed by atoms with Gasteiger partial charge in [-0.25, -0.2) is 0 Å². The first-order valence-electron chi connectivity index (χ1n) is 12.8. The second kappa shape index (κ2) is 51.2. The fourth-order valence-corrected chi connectivity index (χ4v) is 2.73. The second-order valence-corrected chi connectivity index (χ2v) is 7.52. The Kier molecular flexibility index (Phi) is 67.2. The first kappa shape index (κ1) is 55.1. The molecule has 0 bridgehead atoms. The van der Waals surface area contributed by atoms with Gasteiger partial charge in [0.05, 0.1) is 10.2 Å². The SMILES string of the molecule is NCCNCCN(CC[O-])CCNCC[O-].NCCNCCN(CC[O-])CCNCC[O-].O=[N+]([O-])[O-].O=[N+]([O-])[O-].[Pr+3].[Pr+3]. The Bertz CT molecular complexity index is 443. The average Bonchev–Trinajstić information content (AvgIpc) is 2.89. The van der Waals surface area contributed by atoms with Crippen LogP contribution in [0, 0.1) is 113 Å². The van der Waals surface area contributed by atoms with Crippen molar-refractivity contribution in [3.8, 4) is 0 Å². The molecule has 0 heterocycles. The third-order valence-electron chi connectivity index (χ3n) is 4.43. The summed E-state index contributed by atoms with van der Waals surface area (Å²) in [5, 5.41) is 83.5. The third kappa shape index (κ3) is 68.0. The number of nitrogens with one attached hydrogen (secondary N) is 4. The summed E-state index contributed by atoms with van der Waals surface area (Å²) in [4.78, 5) is 20.7. The quantitative estimate of drug-likeness (QED) is 0.0298. The van der Waals surface area contributed by atoms with E-state index >= 15 is 0 Å². The van der Waals surface area contributed by atoms with E-state index in [1.54, 1.807) is 0 Å². The second-order valence-electron chi connectivity index (χ2n) is 7.52. The van der Waals surface area contributed by atoms with E-state index in [1.807, 2.05) is 0 Å². The van der Waals surface area contributed by atoms with E-state index in [0.29, 0.717) is 39.3 Å². The summed E-state index contributed by atoms with van der Waals surface area (Å²) in [5.41, 5.74) is 10.7. The predicted molar refractivity (Wildman–Crippen MR) is 143 cm³/mol. The van der Waals surface area contributed by atoms with Gasteiger partial charge in [0.25, 0.3) is 0 Å². The van der Waals surface area contributed by atoms with E-state index < -0.39 is 10.2 Å². The minimum atomic E-state index is -1.75. The minimum Gasteiger partial charge on any atom is -0.854 e. The molecule has 0 unspecified atom stereocenters. The summed E-state index contributed by atoms with van der Waals surface area (Å²) >= 11 is 0. The fraction of sp³-hybridized carbons (Fsp3) is 1.00. The minimum absolute atomic E-state index is 0. The van der Waals surface area contributed by atoms with Crippen molar-refractivity contribution < 1.29 is 113 Å². The molecule has 8 N–H and O–H groups in total. The van der Waals surface area contributed by atoms with E-state index in [0.717, 1.165) is 65.4 Å². The zero-order valence-corrected chi connectivity index (χ0v) is 31.7. The number of hydrogen-bond acceptors (Lipinski definition) is 18. The van der Waals surface area contributed by atoms with Crippen LogP contribution in [0.3, 0.4) is 0 Å². The largest absolute Gasteiger partial charge is 3.00 e. The molecule has 0 rings (SSSR count). The molecule has 0 aliphatic heterocycles. The van der Waals surface area contributed by atoms with Crippen LogP contribution in [-0.4, -0.2) is 151 Å². The zero-order valence-electron chi connectivity index (χ0n) is 24.3. The summed E-state index contributed by atoms with van der Waals surface area (Å²) in [5.74, 6) is 0. The Morgan fingerprint density at radius 3 is 0.881 bits per heavy atom. The summed E-state index contributed by atoms with van der Waals surface area (Å²) in [6, 6.07) is 0. The molecule has 0 aromatic heterocycles. The molecule has 20 nitrogen and oxygen atoms in total. The van der Waals surface area contributed by atoms with Gasteiger partial charge in [-0.15, -0.1) is 26.4 Å². The van der Waals surface area contributed by atoms with Crippen LogP contribution in [0.5, 0.6) is 0 Å². The Labute approximate surface area is 314 Å². The first-order chi connectivity index (χ1) is 19.2. The number of nitrogens with zero attached hydrogens (tertiary/aromatic N) is 4. The Hall–Kier alpha value is 0.647. The van der Waals surface area contributed by atoms with Crippen LogP contribution in [0.1, 0.15) is 0 Å². The van der Waals surface area contributed by atoms with Gasteiger partial charge >= 0.3 is 82.6 Å². The van der Waals surface area contributed by atoms with Gasteiger partial charge in [-0.3, -0.25) is 0 Å². The number of rotatable bonds is 24. The monoisotopic (exact) mass is 870 g/mol. The molecule has 0 fully saturated rings. The van der Waals surface area contributed by atoms with E-state index in [2.05, 4.69) is 31.1 Å². The van der Waals surface area contributed by atoms with E-state index in [9.17, 15) is 20.4 Å². The van der Waals surface area contributed by atoms with Gasteiger partial charge in [0.2, 0.25) is 0 Å². The van der Waals surface area contributed by atoms with Gasteiger partial charge in [-0.1, -0.05) is 0 Å². The van der Waals surface area contributed by atoms with Gasteiger partial charge in [0.1, 0.15) is 0 Å². The smallest absolute Gasteiger partial charge is 0.854 e. The standard InChI is InChI=1S/2C10H24N4O2.2NO3.2Pr/c2*11-1-2-12-3-6-14(8-10-16)7-4-13-5-9-15;2*2-1(3)4;;/h2*12-13H,1-11H2;;;;/q2*-2;2*-1;2*+3. The molecule has 0 aromatic rings. The van der Waals surface area contributed by atoms with E-state index in [1.165, 1.54) is 0 Å². The molecule has 42 heavy (non-hydrogen) atoms. The van der Waals surface area contributed by atoms with Crippen LogP contribution in [0.4, 0.5) is 0 Å². The maximum atomic E-state index is 10.6. The predicted octanol–water partition coefficient (Wildman–Crippen LogP) is -8.18. The maximum Gasteiger partial charge on any atom is 3.00 e. The molecule has 0 radical (unpaired) electrons. The topological polar surface area (TPSA) is 331 Å². The van der Waals surface area contributed by atoms with Crippen molar-refractivity contribution in [3.05, 3.63) is 30.6 Å². The first-order valence-corrected chi connectivity index (χ1v) is 12.8. The summed E-state index contributed by atoms with van der Waals surface area (Å²) in [6.07, 6.45) is 0. The molecule has 22 heteroatoms. The molecule has 0 spiro atoms. The third-order valence-corrected chi connectivity index (χ3v) is 4.43. The molecular weight excluding hydrogens is 822 g/mol. The molecule has 0 amide bonds. The van der Waals surface area contributed by atoms with Crippen LogP contribution >= 0.6 is 0 Å². The molecule has 0 aliphatic rings. The van der Waals surface area contributed by atoms with Crippen LogP contribution in [-0.2, 0) is 0 Å². The molecule has 0 aliphatic carbocycles. The Morgan fingerprint density at radius 2 is 0.690 bits per heavy atom. The van der Waals surface area contributed by atoms with Crippen LogP contribution in [0.15, 0.2) is 0 Å². The Morgan fingerprint density at radius 1 is 0.452 bits per heavy atom. The van der Waals surface area contributed by atoms with Crippen molar-refractivity contribution in [2.45, 2.75) is 0 Å². The van der Waals surface area contributed by atoms with Crippen LogP contribution < -0.4 is 53.2 Å². The van der Waals surface area contributed by atoms with Gasteiger partial charge in [0.15, 0.2) is 0 Å². The number of hydrogen-bond donors (Lipinski definition) is 6. The molecular formula is C20H48N10O10Pr2. The van der Waals surface area contributed by atoms with Crippen molar-refractivity contribution in [2.24, 2.45) is 11.5 Å². The molecule has 0 aromatic carbocycles. The molecule has 0 saturated heterocycles. The van der Waals surface area contributed by atoms with Crippen molar-refractivity contribution >= 4 is 0 Å². The summed E-state index contributed by atoms with van der Waals surface area (Å²) in [6.45, 7) is 11.2. The van der Waals surface area contributed by atoms with E-state index in [-0.39, 0.29) is 109 Å². The Balaban J connectivity index is -0.000000118. The molecule has 0 atom stereocenters. The maximum absolute atomic E-state index is 10.6. The zero-order chi connectivity index (χ0) is 31.3. The summed E-state index contributed by atoms with van der Waals surface area (Å²) < 4.78 is 0. The van der Waals surface area contributed by atoms with Gasteiger partial charge in [-0.2, -0.15) is 0 Å². The van der Waals surface area contributed by atoms with Crippen molar-refractivity contribution in [1.29, 1.82) is 0 Å². The van der Waals surface area contributed by atoms with Gasteiger partial charge in [-0.05, 0) is 26.2 Å².